The van der Waals surface area contributed by atoms with E-state index in [0.29, 0.717) is 18.1 Å². The fourth-order valence-corrected chi connectivity index (χ4v) is 3.10. The van der Waals surface area contributed by atoms with Gasteiger partial charge in [-0.05, 0) is 18.2 Å². The van der Waals surface area contributed by atoms with Gasteiger partial charge in [0.2, 0.25) is 10.0 Å². The van der Waals surface area contributed by atoms with E-state index in [9.17, 15) is 8.42 Å². The summed E-state index contributed by atoms with van der Waals surface area (Å²) < 4.78 is 25.4. The van der Waals surface area contributed by atoms with Gasteiger partial charge in [-0.3, -0.25) is 0 Å². The number of sulfonamides is 1. The average molecular weight is 248 g/mol. The molecule has 0 aliphatic heterocycles. The van der Waals surface area contributed by atoms with E-state index in [1.807, 2.05) is 13.8 Å². The number of hydrogen-bond donors (Lipinski definition) is 0. The predicted octanol–water partition coefficient (Wildman–Crippen LogP) is 2.37. The highest BCUT2D eigenvalue weighted by Gasteiger charge is 2.21. The van der Waals surface area contributed by atoms with Gasteiger partial charge in [-0.2, -0.15) is 4.31 Å². The van der Waals surface area contributed by atoms with Gasteiger partial charge in [-0.15, -0.1) is 0 Å². The molecule has 0 radical (unpaired) electrons. The monoisotopic (exact) mass is 247 g/mol. The minimum absolute atomic E-state index is 0.249. The third kappa shape index (κ3) is 2.71. The molecule has 0 saturated carbocycles. The van der Waals surface area contributed by atoms with Gasteiger partial charge >= 0.3 is 0 Å². The lowest BCUT2D eigenvalue weighted by molar-refractivity contribution is 0.445. The third-order valence-electron chi connectivity index (χ3n) is 2.14. The molecule has 0 bridgehead atoms. The minimum Gasteiger partial charge on any atom is -0.207 e. The second-order valence-electron chi connectivity index (χ2n) is 3.05. The van der Waals surface area contributed by atoms with E-state index in [1.54, 1.807) is 18.2 Å². The van der Waals surface area contributed by atoms with Crippen LogP contribution in [0, 0.1) is 0 Å². The van der Waals surface area contributed by atoms with E-state index in [1.165, 1.54) is 10.4 Å². The Balaban J connectivity index is 3.16. The standard InChI is InChI=1S/C10H14ClNO2S/c1-3-12(4-2)15(13,14)10-7-5-6-9(11)8-10/h5-8H,3-4H2,1-2H3. The van der Waals surface area contributed by atoms with Crippen molar-refractivity contribution in [1.82, 2.24) is 4.31 Å². The second kappa shape index (κ2) is 4.96. The van der Waals surface area contributed by atoms with Crippen molar-refractivity contribution in [1.29, 1.82) is 0 Å². The molecule has 0 aliphatic carbocycles. The van der Waals surface area contributed by atoms with Gasteiger partial charge in [0.1, 0.15) is 0 Å². The molecule has 0 spiro atoms. The predicted molar refractivity (Wildman–Crippen MR) is 61.6 cm³/mol. The summed E-state index contributed by atoms with van der Waals surface area (Å²) in [6.45, 7) is 4.55. The van der Waals surface area contributed by atoms with Crippen LogP contribution in [0.15, 0.2) is 29.2 Å². The number of hydrogen-bond acceptors (Lipinski definition) is 2. The van der Waals surface area contributed by atoms with Crippen LogP contribution in [-0.4, -0.2) is 25.8 Å². The van der Waals surface area contributed by atoms with E-state index in [-0.39, 0.29) is 4.90 Å². The van der Waals surface area contributed by atoms with Crippen molar-refractivity contribution in [3.63, 3.8) is 0 Å². The first-order valence-electron chi connectivity index (χ1n) is 4.78. The molecule has 0 saturated heterocycles. The van der Waals surface area contributed by atoms with Gasteiger partial charge < -0.3 is 0 Å². The van der Waals surface area contributed by atoms with Gasteiger partial charge in [-0.1, -0.05) is 31.5 Å². The van der Waals surface area contributed by atoms with E-state index >= 15 is 0 Å². The summed E-state index contributed by atoms with van der Waals surface area (Å²) in [5, 5.41) is 0.434. The van der Waals surface area contributed by atoms with Gasteiger partial charge in [0.25, 0.3) is 0 Å². The fourth-order valence-electron chi connectivity index (χ4n) is 1.34. The van der Waals surface area contributed by atoms with Crippen LogP contribution in [0.5, 0.6) is 0 Å². The van der Waals surface area contributed by atoms with Crippen molar-refractivity contribution in [3.8, 4) is 0 Å². The molecule has 0 atom stereocenters. The number of rotatable bonds is 4. The van der Waals surface area contributed by atoms with Gasteiger partial charge in [0.05, 0.1) is 4.90 Å². The molecule has 84 valence electrons. The molecular formula is C10H14ClNO2S. The average Bonchev–Trinajstić information content (AvgIpc) is 2.19. The van der Waals surface area contributed by atoms with Crippen LogP contribution >= 0.6 is 11.6 Å². The molecule has 0 unspecified atom stereocenters. The summed E-state index contributed by atoms with van der Waals surface area (Å²) in [6, 6.07) is 6.32. The van der Waals surface area contributed by atoms with Crippen molar-refractivity contribution in [2.45, 2.75) is 18.7 Å². The molecule has 3 nitrogen and oxygen atoms in total. The molecule has 5 heteroatoms. The Kier molecular flexibility index (Phi) is 4.13. The first-order chi connectivity index (χ1) is 7.02. The second-order valence-corrected chi connectivity index (χ2v) is 5.42. The maximum Gasteiger partial charge on any atom is 0.243 e. The summed E-state index contributed by atoms with van der Waals surface area (Å²) in [5.41, 5.74) is 0. The van der Waals surface area contributed by atoms with Crippen LogP contribution in [0.2, 0.25) is 5.02 Å². The highest BCUT2D eigenvalue weighted by atomic mass is 35.5. The molecule has 1 rings (SSSR count). The summed E-state index contributed by atoms with van der Waals surface area (Å²) in [6.07, 6.45) is 0. The molecular weight excluding hydrogens is 234 g/mol. The Morgan fingerprint density at radius 1 is 1.27 bits per heavy atom. The highest BCUT2D eigenvalue weighted by molar-refractivity contribution is 7.89. The van der Waals surface area contributed by atoms with E-state index in [0.717, 1.165) is 0 Å². The zero-order valence-corrected chi connectivity index (χ0v) is 10.3. The molecule has 0 N–H and O–H groups in total. The van der Waals surface area contributed by atoms with Gasteiger partial charge in [-0.25, -0.2) is 8.42 Å². The van der Waals surface area contributed by atoms with Crippen LogP contribution in [0.4, 0.5) is 0 Å². The molecule has 0 fully saturated rings. The topological polar surface area (TPSA) is 37.4 Å². The van der Waals surface area contributed by atoms with Crippen LogP contribution in [0.25, 0.3) is 0 Å². The molecule has 0 aromatic heterocycles. The first-order valence-corrected chi connectivity index (χ1v) is 6.60. The molecule has 0 amide bonds. The van der Waals surface area contributed by atoms with E-state index in [4.69, 9.17) is 11.6 Å². The van der Waals surface area contributed by atoms with Gasteiger partial charge in [0.15, 0.2) is 0 Å². The smallest absolute Gasteiger partial charge is 0.207 e. The van der Waals surface area contributed by atoms with Crippen molar-refractivity contribution >= 4 is 21.6 Å². The van der Waals surface area contributed by atoms with Crippen LogP contribution in [0.1, 0.15) is 13.8 Å². The van der Waals surface area contributed by atoms with Crippen LogP contribution in [0.3, 0.4) is 0 Å². The maximum atomic E-state index is 12.0. The Labute approximate surface area is 95.7 Å². The Morgan fingerprint density at radius 2 is 1.87 bits per heavy atom. The zero-order valence-electron chi connectivity index (χ0n) is 8.77. The first kappa shape index (κ1) is 12.5. The summed E-state index contributed by atoms with van der Waals surface area (Å²) in [5.74, 6) is 0. The number of nitrogens with zero attached hydrogens (tertiary/aromatic N) is 1. The summed E-state index contributed by atoms with van der Waals surface area (Å²) in [7, 11) is -3.37. The number of halogens is 1. The van der Waals surface area contributed by atoms with Crippen LogP contribution in [-0.2, 0) is 10.0 Å². The molecule has 1 aromatic rings. The lowest BCUT2D eigenvalue weighted by Crippen LogP contribution is -2.30. The molecule has 1 aromatic carbocycles. The van der Waals surface area contributed by atoms with Crippen molar-refractivity contribution < 1.29 is 8.42 Å². The van der Waals surface area contributed by atoms with Crippen molar-refractivity contribution in [2.75, 3.05) is 13.1 Å². The Bertz CT molecular complexity index is 427. The largest absolute Gasteiger partial charge is 0.243 e. The maximum absolute atomic E-state index is 12.0. The molecule has 0 aliphatic rings. The zero-order chi connectivity index (χ0) is 11.5. The lowest BCUT2D eigenvalue weighted by Gasteiger charge is -2.18. The SMILES string of the molecule is CCN(CC)S(=O)(=O)c1cccc(Cl)c1. The third-order valence-corrected chi connectivity index (χ3v) is 4.42. The van der Waals surface area contributed by atoms with E-state index < -0.39 is 10.0 Å². The van der Waals surface area contributed by atoms with Crippen molar-refractivity contribution in [2.24, 2.45) is 0 Å². The lowest BCUT2D eigenvalue weighted by atomic mass is 10.4. The highest BCUT2D eigenvalue weighted by Crippen LogP contribution is 2.19. The summed E-state index contributed by atoms with van der Waals surface area (Å²) in [4.78, 5) is 0.249. The van der Waals surface area contributed by atoms with Crippen molar-refractivity contribution in [3.05, 3.63) is 29.3 Å². The number of benzene rings is 1. The molecule has 15 heavy (non-hydrogen) atoms. The normalized spacial score (nSPS) is 12.0. The quantitative estimate of drug-likeness (QED) is 0.819. The van der Waals surface area contributed by atoms with E-state index in [2.05, 4.69) is 0 Å². The molecule has 0 heterocycles. The Hall–Kier alpha value is -0.580. The summed E-state index contributed by atoms with van der Waals surface area (Å²) >= 11 is 5.76. The van der Waals surface area contributed by atoms with Gasteiger partial charge in [0, 0.05) is 18.1 Å². The fraction of sp³-hybridized carbons (Fsp3) is 0.400. The minimum atomic E-state index is -3.37. The van der Waals surface area contributed by atoms with Crippen LogP contribution < -0.4 is 0 Å². The Morgan fingerprint density at radius 3 is 2.33 bits per heavy atom.